The molecule has 0 atom stereocenters. The molecular weight excluding hydrogens is 298 g/mol. The molecule has 112 valence electrons. The molecule has 0 aliphatic heterocycles. The summed E-state index contributed by atoms with van der Waals surface area (Å²) in [4.78, 5) is -0.264. The Bertz CT molecular complexity index is 753. The Morgan fingerprint density at radius 2 is 1.90 bits per heavy atom. The Balaban J connectivity index is 2.23. The molecule has 0 spiro atoms. The first-order valence-corrected chi connectivity index (χ1v) is 7.57. The fourth-order valence-electron chi connectivity index (χ4n) is 1.74. The summed E-state index contributed by atoms with van der Waals surface area (Å²) in [7, 11) is -3.93. The summed E-state index contributed by atoms with van der Waals surface area (Å²) in [5.74, 6) is -1.15. The van der Waals surface area contributed by atoms with E-state index >= 15 is 0 Å². The molecule has 3 N–H and O–H groups in total. The van der Waals surface area contributed by atoms with Crippen LogP contribution in [0.4, 0.5) is 14.5 Å². The molecule has 2 aromatic rings. The highest BCUT2D eigenvalue weighted by molar-refractivity contribution is 7.89. The number of hydrogen-bond donors (Lipinski definition) is 2. The van der Waals surface area contributed by atoms with E-state index in [4.69, 9.17) is 5.73 Å². The molecule has 0 radical (unpaired) electrons. The second kappa shape index (κ2) is 5.79. The summed E-state index contributed by atoms with van der Waals surface area (Å²) in [5.41, 5.74) is 6.27. The first-order chi connectivity index (χ1) is 9.79. The number of nitrogen functional groups attached to an aromatic ring is 1. The van der Waals surface area contributed by atoms with Crippen molar-refractivity contribution in [2.75, 3.05) is 5.73 Å². The molecule has 0 aromatic heterocycles. The number of nitrogens with two attached hydrogens (primary N) is 1. The maximum atomic E-state index is 13.6. The van der Waals surface area contributed by atoms with Crippen LogP contribution in [0.2, 0.25) is 0 Å². The van der Waals surface area contributed by atoms with Crippen LogP contribution < -0.4 is 10.5 Å². The fraction of sp³-hybridized carbons (Fsp3) is 0.143. The Kier molecular flexibility index (Phi) is 4.24. The Hall–Kier alpha value is -1.99. The predicted molar refractivity (Wildman–Crippen MR) is 76.0 cm³/mol. The van der Waals surface area contributed by atoms with Gasteiger partial charge in [0.1, 0.15) is 11.6 Å². The topological polar surface area (TPSA) is 72.2 Å². The molecule has 0 amide bonds. The molecule has 0 fully saturated rings. The second-order valence-corrected chi connectivity index (χ2v) is 6.34. The van der Waals surface area contributed by atoms with Crippen molar-refractivity contribution in [3.05, 3.63) is 59.2 Å². The number of benzene rings is 2. The van der Waals surface area contributed by atoms with Gasteiger partial charge in [-0.3, -0.25) is 0 Å². The lowest BCUT2D eigenvalue weighted by atomic mass is 10.2. The lowest BCUT2D eigenvalue weighted by Crippen LogP contribution is -2.23. The van der Waals surface area contributed by atoms with E-state index in [0.717, 1.165) is 6.07 Å². The van der Waals surface area contributed by atoms with Gasteiger partial charge in [0.05, 0.1) is 4.90 Å². The summed E-state index contributed by atoms with van der Waals surface area (Å²) >= 11 is 0. The van der Waals surface area contributed by atoms with Crippen molar-refractivity contribution in [3.8, 4) is 0 Å². The predicted octanol–water partition coefficient (Wildman–Crippen LogP) is 2.33. The van der Waals surface area contributed by atoms with Crippen molar-refractivity contribution in [2.24, 2.45) is 0 Å². The maximum absolute atomic E-state index is 13.6. The highest BCUT2D eigenvalue weighted by Crippen LogP contribution is 2.21. The number of sulfonamides is 1. The van der Waals surface area contributed by atoms with E-state index < -0.39 is 21.7 Å². The van der Waals surface area contributed by atoms with Crippen LogP contribution in [-0.4, -0.2) is 8.42 Å². The molecule has 0 aliphatic rings. The maximum Gasteiger partial charge on any atom is 0.241 e. The molecular formula is C14H14F2N2O2S. The highest BCUT2D eigenvalue weighted by Gasteiger charge is 2.17. The van der Waals surface area contributed by atoms with Crippen molar-refractivity contribution >= 4 is 15.7 Å². The molecule has 0 aliphatic carbocycles. The number of halogens is 2. The van der Waals surface area contributed by atoms with Crippen LogP contribution in [-0.2, 0) is 16.6 Å². The quantitative estimate of drug-likeness (QED) is 0.851. The third-order valence-electron chi connectivity index (χ3n) is 3.02. The molecule has 0 heterocycles. The summed E-state index contributed by atoms with van der Waals surface area (Å²) in [6, 6.07) is 7.62. The van der Waals surface area contributed by atoms with Crippen LogP contribution in [0.15, 0.2) is 41.3 Å². The van der Waals surface area contributed by atoms with E-state index in [0.29, 0.717) is 5.56 Å². The number of anilines is 1. The molecule has 0 saturated carbocycles. The van der Waals surface area contributed by atoms with Crippen molar-refractivity contribution in [1.29, 1.82) is 0 Å². The third-order valence-corrected chi connectivity index (χ3v) is 4.40. The monoisotopic (exact) mass is 312 g/mol. The zero-order valence-corrected chi connectivity index (χ0v) is 12.0. The lowest BCUT2D eigenvalue weighted by molar-refractivity contribution is 0.576. The van der Waals surface area contributed by atoms with Crippen LogP contribution in [0.25, 0.3) is 0 Å². The summed E-state index contributed by atoms with van der Waals surface area (Å²) in [6.07, 6.45) is 0. The molecule has 0 bridgehead atoms. The van der Waals surface area contributed by atoms with Gasteiger partial charge in [0.25, 0.3) is 0 Å². The molecule has 2 rings (SSSR count). The van der Waals surface area contributed by atoms with E-state index in [1.54, 1.807) is 6.07 Å². The van der Waals surface area contributed by atoms with Crippen LogP contribution in [0.5, 0.6) is 0 Å². The average Bonchev–Trinajstić information content (AvgIpc) is 2.42. The molecule has 4 nitrogen and oxygen atoms in total. The minimum atomic E-state index is -3.93. The minimum Gasteiger partial charge on any atom is -0.398 e. The Morgan fingerprint density at radius 1 is 1.19 bits per heavy atom. The highest BCUT2D eigenvalue weighted by atomic mass is 32.2. The Morgan fingerprint density at radius 3 is 2.52 bits per heavy atom. The van der Waals surface area contributed by atoms with Crippen LogP contribution >= 0.6 is 0 Å². The molecule has 0 saturated heterocycles. The van der Waals surface area contributed by atoms with Gasteiger partial charge in [0.2, 0.25) is 10.0 Å². The number of nitrogens with one attached hydrogen (secondary N) is 1. The van der Waals surface area contributed by atoms with Gasteiger partial charge in [0, 0.05) is 17.8 Å². The van der Waals surface area contributed by atoms with E-state index in [-0.39, 0.29) is 22.7 Å². The zero-order chi connectivity index (χ0) is 15.6. The van der Waals surface area contributed by atoms with Gasteiger partial charge in [-0.15, -0.1) is 0 Å². The van der Waals surface area contributed by atoms with Crippen LogP contribution in [0.1, 0.15) is 11.1 Å². The van der Waals surface area contributed by atoms with Gasteiger partial charge in [-0.25, -0.2) is 21.9 Å². The standard InChI is InChI=1S/C14H14F2N2O2S/c1-9-13(16)6-12(7-14(9)17)21(19,20)18-8-10-3-2-4-11(15)5-10/h2-7,18H,8,17H2,1H3. The second-order valence-electron chi connectivity index (χ2n) is 4.57. The van der Waals surface area contributed by atoms with Crippen LogP contribution in [0.3, 0.4) is 0 Å². The first-order valence-electron chi connectivity index (χ1n) is 6.09. The van der Waals surface area contributed by atoms with E-state index in [1.165, 1.54) is 31.2 Å². The molecule has 7 heteroatoms. The van der Waals surface area contributed by atoms with Gasteiger partial charge < -0.3 is 5.73 Å². The molecule has 2 aromatic carbocycles. The third kappa shape index (κ3) is 3.56. The lowest BCUT2D eigenvalue weighted by Gasteiger charge is -2.09. The first kappa shape index (κ1) is 15.4. The van der Waals surface area contributed by atoms with Crippen molar-refractivity contribution < 1.29 is 17.2 Å². The van der Waals surface area contributed by atoms with Gasteiger partial charge in [-0.1, -0.05) is 12.1 Å². The van der Waals surface area contributed by atoms with Gasteiger partial charge in [-0.2, -0.15) is 0 Å². The van der Waals surface area contributed by atoms with E-state index in [1.807, 2.05) is 0 Å². The number of rotatable bonds is 4. The Labute approximate surface area is 121 Å². The fourth-order valence-corrected chi connectivity index (χ4v) is 2.80. The largest absolute Gasteiger partial charge is 0.398 e. The van der Waals surface area contributed by atoms with Gasteiger partial charge in [0.15, 0.2) is 0 Å². The van der Waals surface area contributed by atoms with Gasteiger partial charge in [-0.05, 0) is 36.8 Å². The average molecular weight is 312 g/mol. The van der Waals surface area contributed by atoms with Crippen LogP contribution in [0, 0.1) is 18.6 Å². The SMILES string of the molecule is Cc1c(N)cc(S(=O)(=O)NCc2cccc(F)c2)cc1F. The molecule has 21 heavy (non-hydrogen) atoms. The van der Waals surface area contributed by atoms with E-state index in [2.05, 4.69) is 4.72 Å². The zero-order valence-electron chi connectivity index (χ0n) is 11.2. The van der Waals surface area contributed by atoms with Crippen molar-refractivity contribution in [1.82, 2.24) is 4.72 Å². The normalized spacial score (nSPS) is 11.6. The van der Waals surface area contributed by atoms with Crippen molar-refractivity contribution in [2.45, 2.75) is 18.4 Å². The molecule has 0 unspecified atom stereocenters. The van der Waals surface area contributed by atoms with E-state index in [9.17, 15) is 17.2 Å². The summed E-state index contributed by atoms with van der Waals surface area (Å²) in [5, 5.41) is 0. The minimum absolute atomic E-state index is 0.0566. The van der Waals surface area contributed by atoms with Gasteiger partial charge >= 0.3 is 0 Å². The number of hydrogen-bond acceptors (Lipinski definition) is 3. The summed E-state index contributed by atoms with van der Waals surface area (Å²) < 4.78 is 53.0. The van der Waals surface area contributed by atoms with Crippen molar-refractivity contribution in [3.63, 3.8) is 0 Å². The summed E-state index contributed by atoms with van der Waals surface area (Å²) in [6.45, 7) is 1.36. The smallest absolute Gasteiger partial charge is 0.241 e.